The van der Waals surface area contributed by atoms with Crippen molar-refractivity contribution >= 4 is 17.6 Å². The Morgan fingerprint density at radius 1 is 1.29 bits per heavy atom. The van der Waals surface area contributed by atoms with Crippen molar-refractivity contribution in [3.63, 3.8) is 0 Å². The van der Waals surface area contributed by atoms with Crippen LogP contribution in [0.2, 0.25) is 5.02 Å². The molecule has 0 fully saturated rings. The molecule has 34 heavy (non-hydrogen) atoms. The Balaban J connectivity index is 1.91. The fourth-order valence-corrected chi connectivity index (χ4v) is 4.32. The molecule has 0 aromatic heterocycles. The van der Waals surface area contributed by atoms with Crippen molar-refractivity contribution in [2.45, 2.75) is 38.1 Å². The van der Waals surface area contributed by atoms with Crippen molar-refractivity contribution in [3.05, 3.63) is 92.8 Å². The highest BCUT2D eigenvalue weighted by Gasteiger charge is 2.26. The van der Waals surface area contributed by atoms with E-state index >= 15 is 0 Å². The molecule has 0 amide bonds. The molecule has 1 N–H and O–H groups in total. The second-order valence-electron chi connectivity index (χ2n) is 8.42. The molecule has 0 saturated heterocycles. The van der Waals surface area contributed by atoms with Crippen molar-refractivity contribution in [1.82, 2.24) is 4.90 Å². The van der Waals surface area contributed by atoms with E-state index in [4.69, 9.17) is 21.4 Å². The number of aryl methyl sites for hydroxylation is 1. The first-order chi connectivity index (χ1) is 16.3. The number of aliphatic carboxylic acids is 1. The topological polar surface area (TPSA) is 79.2 Å². The number of carboxylic acid groups (broad SMARTS) is 1. The van der Waals surface area contributed by atoms with Gasteiger partial charge >= 0.3 is 5.97 Å². The van der Waals surface area contributed by atoms with Crippen molar-refractivity contribution in [2.24, 2.45) is 5.18 Å². The van der Waals surface area contributed by atoms with E-state index < -0.39 is 17.8 Å². The molecular formula is C26H28ClFN2O4. The molecule has 2 aromatic rings. The molecule has 0 bridgehead atoms. The van der Waals surface area contributed by atoms with Gasteiger partial charge in [-0.05, 0) is 66.3 Å². The van der Waals surface area contributed by atoms with Gasteiger partial charge in [0.25, 0.3) is 0 Å². The number of carboxylic acids is 1. The number of likely N-dealkylation sites (N-methyl/N-ethyl adjacent to an activating group) is 1. The number of nitroso groups, excluding NO2 is 1. The number of rotatable bonds is 11. The molecule has 1 aliphatic rings. The number of carbonyl (C=O) groups is 1. The van der Waals surface area contributed by atoms with Gasteiger partial charge in [0.2, 0.25) is 0 Å². The summed E-state index contributed by atoms with van der Waals surface area (Å²) in [6.45, 7) is 2.79. The second kappa shape index (κ2) is 11.8. The van der Waals surface area contributed by atoms with Crippen LogP contribution in [0.3, 0.4) is 0 Å². The number of halogens is 2. The van der Waals surface area contributed by atoms with Gasteiger partial charge in [-0.15, -0.1) is 0 Å². The van der Waals surface area contributed by atoms with Crippen molar-refractivity contribution in [2.75, 3.05) is 20.2 Å². The molecule has 0 aliphatic carbocycles. The maximum Gasteiger partial charge on any atom is 0.303 e. The van der Waals surface area contributed by atoms with Crippen molar-refractivity contribution in [3.8, 4) is 5.75 Å². The highest BCUT2D eigenvalue weighted by Crippen LogP contribution is 2.36. The molecule has 3 rings (SSSR count). The lowest BCUT2D eigenvalue weighted by atomic mass is 9.82. The monoisotopic (exact) mass is 486 g/mol. The van der Waals surface area contributed by atoms with Gasteiger partial charge in [-0.2, -0.15) is 4.91 Å². The summed E-state index contributed by atoms with van der Waals surface area (Å²) in [4.78, 5) is 24.5. The van der Waals surface area contributed by atoms with E-state index in [-0.39, 0.29) is 31.1 Å². The van der Waals surface area contributed by atoms with Crippen LogP contribution in [0.5, 0.6) is 5.75 Å². The highest BCUT2D eigenvalue weighted by molar-refractivity contribution is 6.30. The van der Waals surface area contributed by atoms with Crippen LogP contribution in [0.1, 0.15) is 41.9 Å². The van der Waals surface area contributed by atoms with Crippen molar-refractivity contribution in [1.29, 1.82) is 0 Å². The summed E-state index contributed by atoms with van der Waals surface area (Å²) in [5.41, 5.74) is 3.35. The van der Waals surface area contributed by atoms with E-state index in [9.17, 15) is 14.1 Å². The molecule has 2 aromatic carbocycles. The van der Waals surface area contributed by atoms with Crippen LogP contribution in [0.4, 0.5) is 4.39 Å². The summed E-state index contributed by atoms with van der Waals surface area (Å²) in [5, 5.41) is 12.7. The summed E-state index contributed by atoms with van der Waals surface area (Å²) in [7, 11) is 1.93. The highest BCUT2D eigenvalue weighted by atomic mass is 35.5. The van der Waals surface area contributed by atoms with Crippen LogP contribution in [-0.4, -0.2) is 42.2 Å². The van der Waals surface area contributed by atoms with Crippen LogP contribution >= 0.6 is 11.6 Å². The molecule has 1 aliphatic heterocycles. The minimum absolute atomic E-state index is 0.0445. The maximum absolute atomic E-state index is 14.9. The minimum atomic E-state index is -0.923. The Bertz CT molecular complexity index is 1100. The number of benzene rings is 2. The first kappa shape index (κ1) is 25.4. The SMILES string of the molecule is Cc1cc(Cl)ccc1C(CC(N=O)C1=CN(C)CC=C1)c1ccc(OCCCC(=O)O)c(F)c1. The van der Waals surface area contributed by atoms with E-state index in [1.165, 1.54) is 6.07 Å². The normalized spacial score (nSPS) is 14.9. The van der Waals surface area contributed by atoms with E-state index in [0.29, 0.717) is 17.0 Å². The average molecular weight is 487 g/mol. The fourth-order valence-electron chi connectivity index (χ4n) is 4.09. The van der Waals surface area contributed by atoms with Gasteiger partial charge in [0.1, 0.15) is 6.04 Å². The zero-order valence-electron chi connectivity index (χ0n) is 19.2. The van der Waals surface area contributed by atoms with Gasteiger partial charge in [0.05, 0.1) is 6.61 Å². The molecule has 0 spiro atoms. The van der Waals surface area contributed by atoms with Crippen LogP contribution in [0.25, 0.3) is 0 Å². The lowest BCUT2D eigenvalue weighted by molar-refractivity contribution is -0.137. The average Bonchev–Trinajstić information content (AvgIpc) is 2.79. The predicted octanol–water partition coefficient (Wildman–Crippen LogP) is 6.07. The Hall–Kier alpha value is -3.19. The Morgan fingerprint density at radius 2 is 2.09 bits per heavy atom. The largest absolute Gasteiger partial charge is 0.491 e. The zero-order valence-corrected chi connectivity index (χ0v) is 20.0. The third-order valence-corrected chi connectivity index (χ3v) is 6.04. The molecule has 0 saturated carbocycles. The molecule has 0 radical (unpaired) electrons. The summed E-state index contributed by atoms with van der Waals surface area (Å²) in [5.74, 6) is -1.72. The van der Waals surface area contributed by atoms with Crippen LogP contribution < -0.4 is 4.74 Å². The van der Waals surface area contributed by atoms with Crippen molar-refractivity contribution < 1.29 is 19.0 Å². The van der Waals surface area contributed by atoms with Gasteiger partial charge in [-0.3, -0.25) is 4.79 Å². The first-order valence-electron chi connectivity index (χ1n) is 11.1. The Kier molecular flexibility index (Phi) is 8.82. The third-order valence-electron chi connectivity index (χ3n) is 5.80. The third kappa shape index (κ3) is 6.67. The number of nitrogens with zero attached hydrogens (tertiary/aromatic N) is 2. The van der Waals surface area contributed by atoms with E-state index in [1.54, 1.807) is 18.2 Å². The van der Waals surface area contributed by atoms with Gasteiger partial charge in [-0.1, -0.05) is 41.1 Å². The summed E-state index contributed by atoms with van der Waals surface area (Å²) >= 11 is 6.16. The molecule has 180 valence electrons. The van der Waals surface area contributed by atoms with E-state index in [2.05, 4.69) is 5.18 Å². The molecule has 2 atom stereocenters. The van der Waals surface area contributed by atoms with E-state index in [0.717, 1.165) is 23.2 Å². The molecule has 2 unspecified atom stereocenters. The Morgan fingerprint density at radius 3 is 2.74 bits per heavy atom. The minimum Gasteiger partial charge on any atom is -0.491 e. The molecule has 8 heteroatoms. The predicted molar refractivity (Wildman–Crippen MR) is 131 cm³/mol. The van der Waals surface area contributed by atoms with Gasteiger partial charge in [0.15, 0.2) is 11.6 Å². The van der Waals surface area contributed by atoms with Gasteiger partial charge < -0.3 is 14.7 Å². The summed E-state index contributed by atoms with van der Waals surface area (Å²) in [6, 6.07) is 9.63. The smallest absolute Gasteiger partial charge is 0.303 e. The Labute approximate surface area is 203 Å². The second-order valence-corrected chi connectivity index (χ2v) is 8.85. The lowest BCUT2D eigenvalue weighted by Crippen LogP contribution is -2.21. The maximum atomic E-state index is 14.9. The summed E-state index contributed by atoms with van der Waals surface area (Å²) in [6.07, 6.45) is 6.39. The number of hydrogen-bond donors (Lipinski definition) is 1. The fraction of sp³-hybridized carbons (Fsp3) is 0.346. The van der Waals surface area contributed by atoms with Crippen LogP contribution in [-0.2, 0) is 4.79 Å². The van der Waals surface area contributed by atoms with Crippen LogP contribution in [0, 0.1) is 17.6 Å². The van der Waals surface area contributed by atoms with Crippen LogP contribution in [0.15, 0.2) is 65.5 Å². The van der Waals surface area contributed by atoms with E-state index in [1.807, 2.05) is 49.4 Å². The zero-order chi connectivity index (χ0) is 24.7. The molecular weight excluding hydrogens is 459 g/mol. The quantitative estimate of drug-likeness (QED) is 0.308. The number of ether oxygens (including phenoxy) is 1. The standard InChI is InChI=1S/C26H28ClFN2O4/c1-17-13-20(27)8-9-21(17)22(15-24(29-33)19-5-3-11-30(2)16-19)18-7-10-25(23(28)14-18)34-12-4-6-26(31)32/h3,5,7-10,13-14,16,22,24H,4,6,11-12,15H2,1-2H3,(H,31,32). The van der Waals surface area contributed by atoms with Gasteiger partial charge in [0, 0.05) is 37.2 Å². The number of hydrogen-bond acceptors (Lipinski definition) is 5. The molecule has 1 heterocycles. The first-order valence-corrected chi connectivity index (χ1v) is 11.5. The summed E-state index contributed by atoms with van der Waals surface area (Å²) < 4.78 is 20.4. The lowest BCUT2D eigenvalue weighted by Gasteiger charge is -2.26. The van der Waals surface area contributed by atoms with Gasteiger partial charge in [-0.25, -0.2) is 4.39 Å². The molecule has 6 nitrogen and oxygen atoms in total.